The van der Waals surface area contributed by atoms with Crippen LogP contribution in [0.3, 0.4) is 0 Å². The first-order valence-corrected chi connectivity index (χ1v) is 8.22. The molecule has 3 heterocycles. The normalized spacial score (nSPS) is 17.6. The third-order valence-corrected chi connectivity index (χ3v) is 4.56. The van der Waals surface area contributed by atoms with Crippen LogP contribution in [0.2, 0.25) is 0 Å². The number of aromatic nitrogens is 3. The number of pyridine rings is 1. The number of aliphatic hydroxyl groups excluding tert-OH is 1. The van der Waals surface area contributed by atoms with Crippen LogP contribution in [0.5, 0.6) is 0 Å². The Balaban J connectivity index is 1.54. The van der Waals surface area contributed by atoms with Gasteiger partial charge in [-0.2, -0.15) is 5.10 Å². The standard InChI is InChI=1S/C18H21N5O/c1-22-11-16(9-19-22)23-7-6-15(10-23)20-18-14(12-24)8-13-4-2-3-5-17(13)21-18/h2-5,8-9,11,15,24H,6-7,10,12H2,1H3,(H,20,21). The summed E-state index contributed by atoms with van der Waals surface area (Å²) < 4.78 is 1.82. The lowest BCUT2D eigenvalue weighted by Gasteiger charge is -2.18. The fourth-order valence-electron chi connectivity index (χ4n) is 3.28. The number of benzene rings is 1. The highest BCUT2D eigenvalue weighted by molar-refractivity contribution is 5.81. The molecule has 1 unspecified atom stereocenters. The van der Waals surface area contributed by atoms with E-state index in [-0.39, 0.29) is 6.61 Å². The van der Waals surface area contributed by atoms with Gasteiger partial charge in [-0.15, -0.1) is 0 Å². The van der Waals surface area contributed by atoms with Gasteiger partial charge >= 0.3 is 0 Å². The second kappa shape index (κ2) is 6.13. The topological polar surface area (TPSA) is 66.2 Å². The Labute approximate surface area is 140 Å². The van der Waals surface area contributed by atoms with E-state index in [1.54, 1.807) is 0 Å². The van der Waals surface area contributed by atoms with Gasteiger partial charge in [0, 0.05) is 43.3 Å². The zero-order chi connectivity index (χ0) is 16.5. The van der Waals surface area contributed by atoms with Crippen molar-refractivity contribution in [2.45, 2.75) is 19.1 Å². The summed E-state index contributed by atoms with van der Waals surface area (Å²) in [6.45, 7) is 1.88. The average Bonchev–Trinajstić information content (AvgIpc) is 3.23. The maximum absolute atomic E-state index is 9.68. The number of hydrogen-bond donors (Lipinski definition) is 2. The second-order valence-corrected chi connectivity index (χ2v) is 6.30. The van der Waals surface area contributed by atoms with Gasteiger partial charge in [0.25, 0.3) is 0 Å². The van der Waals surface area contributed by atoms with Crippen molar-refractivity contribution >= 4 is 22.4 Å². The molecule has 0 amide bonds. The Hall–Kier alpha value is -2.60. The molecular weight excluding hydrogens is 302 g/mol. The molecule has 0 spiro atoms. The summed E-state index contributed by atoms with van der Waals surface area (Å²) >= 11 is 0. The lowest BCUT2D eigenvalue weighted by Crippen LogP contribution is -2.26. The summed E-state index contributed by atoms with van der Waals surface area (Å²) in [5, 5.41) is 18.5. The minimum absolute atomic E-state index is 0.0147. The highest BCUT2D eigenvalue weighted by atomic mass is 16.3. The number of para-hydroxylation sites is 1. The number of aryl methyl sites for hydroxylation is 1. The predicted molar refractivity (Wildman–Crippen MR) is 95.1 cm³/mol. The van der Waals surface area contributed by atoms with Crippen LogP contribution in [0.15, 0.2) is 42.7 Å². The first-order chi connectivity index (χ1) is 11.7. The van der Waals surface area contributed by atoms with Crippen molar-refractivity contribution < 1.29 is 5.11 Å². The quantitative estimate of drug-likeness (QED) is 0.770. The number of fused-ring (bicyclic) bond motifs is 1. The number of anilines is 2. The Morgan fingerprint density at radius 3 is 3.00 bits per heavy atom. The van der Waals surface area contributed by atoms with Crippen molar-refractivity contribution in [3.05, 3.63) is 48.3 Å². The third-order valence-electron chi connectivity index (χ3n) is 4.56. The van der Waals surface area contributed by atoms with Crippen molar-refractivity contribution in [2.75, 3.05) is 23.3 Å². The molecule has 0 bridgehead atoms. The van der Waals surface area contributed by atoms with E-state index in [4.69, 9.17) is 4.98 Å². The van der Waals surface area contributed by atoms with Crippen LogP contribution in [0, 0.1) is 0 Å². The summed E-state index contributed by atoms with van der Waals surface area (Å²) in [6, 6.07) is 10.3. The average molecular weight is 323 g/mol. The first kappa shape index (κ1) is 15.0. The van der Waals surface area contributed by atoms with Gasteiger partial charge in [0.15, 0.2) is 0 Å². The summed E-state index contributed by atoms with van der Waals surface area (Å²) in [7, 11) is 1.93. The molecule has 124 valence electrons. The van der Waals surface area contributed by atoms with Crippen LogP contribution in [-0.4, -0.2) is 39.0 Å². The largest absolute Gasteiger partial charge is 0.392 e. The predicted octanol–water partition coefficient (Wildman–Crippen LogP) is 2.15. The summed E-state index contributed by atoms with van der Waals surface area (Å²) in [5.74, 6) is 0.786. The molecule has 1 atom stereocenters. The van der Waals surface area contributed by atoms with Crippen LogP contribution in [0.1, 0.15) is 12.0 Å². The van der Waals surface area contributed by atoms with E-state index < -0.39 is 0 Å². The van der Waals surface area contributed by atoms with Crippen molar-refractivity contribution in [3.63, 3.8) is 0 Å². The minimum Gasteiger partial charge on any atom is -0.392 e. The fourth-order valence-corrected chi connectivity index (χ4v) is 3.28. The van der Waals surface area contributed by atoms with Gasteiger partial charge in [0.1, 0.15) is 5.82 Å². The molecule has 0 saturated carbocycles. The summed E-state index contributed by atoms with van der Waals surface area (Å²) in [6.07, 6.45) is 4.97. The highest BCUT2D eigenvalue weighted by Crippen LogP contribution is 2.25. The van der Waals surface area contributed by atoms with Crippen LogP contribution < -0.4 is 10.2 Å². The Morgan fingerprint density at radius 2 is 2.21 bits per heavy atom. The molecule has 0 radical (unpaired) electrons. The molecule has 1 aromatic carbocycles. The minimum atomic E-state index is -0.0147. The van der Waals surface area contributed by atoms with Crippen molar-refractivity contribution in [1.29, 1.82) is 0 Å². The van der Waals surface area contributed by atoms with E-state index >= 15 is 0 Å². The summed E-state index contributed by atoms with van der Waals surface area (Å²) in [4.78, 5) is 7.03. The molecule has 2 aromatic heterocycles. The lowest BCUT2D eigenvalue weighted by atomic mass is 10.1. The Bertz CT molecular complexity index is 859. The smallest absolute Gasteiger partial charge is 0.132 e. The number of nitrogens with one attached hydrogen (secondary N) is 1. The molecule has 6 nitrogen and oxygen atoms in total. The molecule has 6 heteroatoms. The molecule has 3 aromatic rings. The lowest BCUT2D eigenvalue weighted by molar-refractivity contribution is 0.282. The van der Waals surface area contributed by atoms with Crippen molar-refractivity contribution in [3.8, 4) is 0 Å². The fraction of sp³-hybridized carbons (Fsp3) is 0.333. The second-order valence-electron chi connectivity index (χ2n) is 6.30. The molecular formula is C18H21N5O. The van der Waals surface area contributed by atoms with E-state index in [9.17, 15) is 5.11 Å². The Kier molecular flexibility index (Phi) is 3.82. The van der Waals surface area contributed by atoms with Crippen LogP contribution in [-0.2, 0) is 13.7 Å². The maximum atomic E-state index is 9.68. The van der Waals surface area contributed by atoms with Crippen molar-refractivity contribution in [2.24, 2.45) is 7.05 Å². The van der Waals surface area contributed by atoms with Crippen LogP contribution in [0.4, 0.5) is 11.5 Å². The Morgan fingerprint density at radius 1 is 1.33 bits per heavy atom. The molecule has 1 saturated heterocycles. The molecule has 1 aliphatic heterocycles. The van der Waals surface area contributed by atoms with Gasteiger partial charge in [0.2, 0.25) is 0 Å². The van der Waals surface area contributed by atoms with Gasteiger partial charge < -0.3 is 15.3 Å². The van der Waals surface area contributed by atoms with E-state index in [2.05, 4.69) is 15.3 Å². The number of nitrogens with zero attached hydrogens (tertiary/aromatic N) is 4. The van der Waals surface area contributed by atoms with Crippen LogP contribution >= 0.6 is 0 Å². The SMILES string of the molecule is Cn1cc(N2CCC(Nc3nc4ccccc4cc3CO)C2)cn1. The van der Waals surface area contributed by atoms with Gasteiger partial charge in [-0.3, -0.25) is 4.68 Å². The van der Waals surface area contributed by atoms with Gasteiger partial charge in [-0.05, 0) is 18.6 Å². The molecule has 4 rings (SSSR count). The number of aliphatic hydroxyl groups is 1. The molecule has 0 aliphatic carbocycles. The molecule has 24 heavy (non-hydrogen) atoms. The van der Waals surface area contributed by atoms with Gasteiger partial charge in [-0.25, -0.2) is 4.98 Å². The number of hydrogen-bond acceptors (Lipinski definition) is 5. The highest BCUT2D eigenvalue weighted by Gasteiger charge is 2.24. The van der Waals surface area contributed by atoms with Gasteiger partial charge in [0.05, 0.1) is 24.0 Å². The van der Waals surface area contributed by atoms with Crippen LogP contribution in [0.25, 0.3) is 10.9 Å². The molecule has 2 N–H and O–H groups in total. The van der Waals surface area contributed by atoms with Crippen molar-refractivity contribution in [1.82, 2.24) is 14.8 Å². The molecule has 1 aliphatic rings. The first-order valence-electron chi connectivity index (χ1n) is 8.22. The monoisotopic (exact) mass is 323 g/mol. The van der Waals surface area contributed by atoms with E-state index in [1.807, 2.05) is 54.5 Å². The zero-order valence-corrected chi connectivity index (χ0v) is 13.7. The maximum Gasteiger partial charge on any atom is 0.132 e. The third kappa shape index (κ3) is 2.80. The zero-order valence-electron chi connectivity index (χ0n) is 13.7. The van der Waals surface area contributed by atoms with Gasteiger partial charge in [-0.1, -0.05) is 18.2 Å². The van der Waals surface area contributed by atoms with E-state index in [1.165, 1.54) is 0 Å². The van der Waals surface area contributed by atoms with E-state index in [0.29, 0.717) is 6.04 Å². The molecule has 1 fully saturated rings. The van der Waals surface area contributed by atoms with E-state index in [0.717, 1.165) is 47.5 Å². The number of rotatable bonds is 4. The summed E-state index contributed by atoms with van der Waals surface area (Å²) in [5.41, 5.74) is 2.93.